The number of carboxylic acid groups (broad SMARTS) is 1. The van der Waals surface area contributed by atoms with Crippen LogP contribution in [0.2, 0.25) is 0 Å². The van der Waals surface area contributed by atoms with E-state index in [-0.39, 0.29) is 0 Å². The fraction of sp³-hybridized carbons (Fsp3) is 0.900. The monoisotopic (exact) mass is 222 g/mol. The maximum Gasteiger partial charge on any atom is 0.300 e. The fourth-order valence-electron chi connectivity index (χ4n) is 0.643. The van der Waals surface area contributed by atoms with E-state index in [2.05, 4.69) is 0 Å². The highest BCUT2D eigenvalue weighted by Crippen LogP contribution is 1.93. The first-order valence-electron chi connectivity index (χ1n) is 5.11. The quantitative estimate of drug-likeness (QED) is 0.501. The molecule has 0 radical (unpaired) electrons. The third-order valence-electron chi connectivity index (χ3n) is 1.30. The minimum absolute atomic E-state index is 0.578. The molecule has 0 fully saturated rings. The number of rotatable bonds is 7. The van der Waals surface area contributed by atoms with E-state index in [1.54, 1.807) is 0 Å². The minimum atomic E-state index is -0.833. The summed E-state index contributed by atoms with van der Waals surface area (Å²) in [5, 5.41) is 16.4. The fourth-order valence-corrected chi connectivity index (χ4v) is 0.643. The van der Waals surface area contributed by atoms with Gasteiger partial charge in [-0.25, -0.2) is 0 Å². The van der Waals surface area contributed by atoms with Crippen LogP contribution in [-0.4, -0.2) is 42.3 Å². The van der Waals surface area contributed by atoms with Gasteiger partial charge in [-0.2, -0.15) is 0 Å². The second kappa shape index (κ2) is 13.4. The number of hydrogen-bond acceptors (Lipinski definition) is 4. The Labute approximate surface area is 91.0 Å². The van der Waals surface area contributed by atoms with Crippen molar-refractivity contribution in [3.8, 4) is 0 Å². The Balaban J connectivity index is 0. The zero-order valence-corrected chi connectivity index (χ0v) is 9.73. The molecule has 5 nitrogen and oxygen atoms in total. The van der Waals surface area contributed by atoms with Crippen molar-refractivity contribution in [1.82, 2.24) is 0 Å². The van der Waals surface area contributed by atoms with E-state index in [0.29, 0.717) is 19.6 Å². The third kappa shape index (κ3) is 24.7. The number of carboxylic acids is 1. The van der Waals surface area contributed by atoms with Crippen LogP contribution in [0.3, 0.4) is 0 Å². The van der Waals surface area contributed by atoms with E-state index < -0.39 is 12.3 Å². The molecule has 0 aliphatic carbocycles. The number of ether oxygens (including phenoxy) is 2. The molecule has 5 heteroatoms. The van der Waals surface area contributed by atoms with Crippen molar-refractivity contribution in [1.29, 1.82) is 0 Å². The normalized spacial score (nSPS) is 11.5. The van der Waals surface area contributed by atoms with Crippen molar-refractivity contribution in [3.63, 3.8) is 0 Å². The molecule has 0 aliphatic rings. The highest BCUT2D eigenvalue weighted by molar-refractivity contribution is 5.62. The molecule has 0 bridgehead atoms. The highest BCUT2D eigenvalue weighted by atomic mass is 16.6. The molecule has 0 saturated heterocycles. The summed E-state index contributed by atoms with van der Waals surface area (Å²) in [7, 11) is 0. The summed E-state index contributed by atoms with van der Waals surface area (Å²) >= 11 is 0. The summed E-state index contributed by atoms with van der Waals surface area (Å²) in [5.74, 6) is -0.833. The number of aliphatic carboxylic acids is 1. The Morgan fingerprint density at radius 2 is 1.87 bits per heavy atom. The molecule has 0 saturated carbocycles. The molecule has 0 aromatic rings. The van der Waals surface area contributed by atoms with Crippen molar-refractivity contribution in [2.45, 2.75) is 39.9 Å². The molecule has 92 valence electrons. The zero-order chi connectivity index (χ0) is 12.1. The van der Waals surface area contributed by atoms with Crippen LogP contribution in [0.15, 0.2) is 0 Å². The topological polar surface area (TPSA) is 76.0 Å². The Bertz CT molecular complexity index is 134. The largest absolute Gasteiger partial charge is 0.481 e. The number of carbonyl (C=O) groups is 1. The standard InChI is InChI=1S/C8H18O3.C2H4O2/c1-3-8(9)11-7-5-6-10-4-2;1-2(3)4/h8-9H,3-7H2,1-2H3;1H3,(H,3,4). The van der Waals surface area contributed by atoms with Gasteiger partial charge >= 0.3 is 0 Å². The average molecular weight is 222 g/mol. The predicted octanol–water partition coefficient (Wildman–Crippen LogP) is 1.25. The van der Waals surface area contributed by atoms with Crippen molar-refractivity contribution in [2.75, 3.05) is 19.8 Å². The maximum absolute atomic E-state index is 9.00. The van der Waals surface area contributed by atoms with Gasteiger partial charge in [-0.3, -0.25) is 4.79 Å². The van der Waals surface area contributed by atoms with Gasteiger partial charge in [0.2, 0.25) is 0 Å². The molecule has 0 heterocycles. The van der Waals surface area contributed by atoms with Crippen LogP contribution < -0.4 is 0 Å². The summed E-state index contributed by atoms with van der Waals surface area (Å²) in [5.41, 5.74) is 0. The molecule has 0 amide bonds. The Kier molecular flexibility index (Phi) is 14.9. The number of aliphatic hydroxyl groups is 1. The second-order valence-corrected chi connectivity index (χ2v) is 2.80. The van der Waals surface area contributed by atoms with Gasteiger partial charge in [0.05, 0.1) is 6.61 Å². The van der Waals surface area contributed by atoms with E-state index in [0.717, 1.165) is 20.0 Å². The van der Waals surface area contributed by atoms with Gasteiger partial charge < -0.3 is 19.7 Å². The van der Waals surface area contributed by atoms with Gasteiger partial charge in [-0.15, -0.1) is 0 Å². The second-order valence-electron chi connectivity index (χ2n) is 2.80. The predicted molar refractivity (Wildman–Crippen MR) is 56.7 cm³/mol. The Hall–Kier alpha value is -0.650. The average Bonchev–Trinajstić information content (AvgIpc) is 2.16. The third-order valence-corrected chi connectivity index (χ3v) is 1.30. The molecule has 2 N–H and O–H groups in total. The smallest absolute Gasteiger partial charge is 0.300 e. The van der Waals surface area contributed by atoms with Crippen molar-refractivity contribution >= 4 is 5.97 Å². The zero-order valence-electron chi connectivity index (χ0n) is 9.73. The van der Waals surface area contributed by atoms with Gasteiger partial charge in [0.25, 0.3) is 5.97 Å². The van der Waals surface area contributed by atoms with Crippen molar-refractivity contribution < 1.29 is 24.5 Å². The van der Waals surface area contributed by atoms with Gasteiger partial charge in [0.1, 0.15) is 0 Å². The minimum Gasteiger partial charge on any atom is -0.481 e. The number of hydrogen-bond donors (Lipinski definition) is 2. The lowest BCUT2D eigenvalue weighted by Crippen LogP contribution is -2.12. The SMILES string of the molecule is CC(=O)O.CCOCCCOC(O)CC. The van der Waals surface area contributed by atoms with Crippen LogP contribution in [0.25, 0.3) is 0 Å². The molecule has 15 heavy (non-hydrogen) atoms. The van der Waals surface area contributed by atoms with Gasteiger partial charge in [-0.1, -0.05) is 6.92 Å². The van der Waals surface area contributed by atoms with Crippen LogP contribution in [0, 0.1) is 0 Å². The van der Waals surface area contributed by atoms with E-state index in [4.69, 9.17) is 24.5 Å². The Morgan fingerprint density at radius 1 is 1.33 bits per heavy atom. The lowest BCUT2D eigenvalue weighted by atomic mass is 10.4. The Morgan fingerprint density at radius 3 is 2.27 bits per heavy atom. The van der Waals surface area contributed by atoms with Crippen LogP contribution in [-0.2, 0) is 14.3 Å². The summed E-state index contributed by atoms with van der Waals surface area (Å²) in [6.45, 7) is 6.97. The molecule has 0 spiro atoms. The van der Waals surface area contributed by atoms with E-state index in [1.807, 2.05) is 13.8 Å². The van der Waals surface area contributed by atoms with Gasteiger partial charge in [-0.05, 0) is 19.8 Å². The molecule has 1 atom stereocenters. The first-order valence-corrected chi connectivity index (χ1v) is 5.11. The molecular formula is C10H22O5. The molecule has 0 aromatic heterocycles. The van der Waals surface area contributed by atoms with Crippen LogP contribution in [0.4, 0.5) is 0 Å². The molecular weight excluding hydrogens is 200 g/mol. The maximum atomic E-state index is 9.00. The van der Waals surface area contributed by atoms with Gasteiger partial charge in [0, 0.05) is 20.1 Å². The summed E-state index contributed by atoms with van der Waals surface area (Å²) in [4.78, 5) is 9.00. The van der Waals surface area contributed by atoms with E-state index in [9.17, 15) is 0 Å². The van der Waals surface area contributed by atoms with Gasteiger partial charge in [0.15, 0.2) is 6.29 Å². The van der Waals surface area contributed by atoms with Crippen molar-refractivity contribution in [3.05, 3.63) is 0 Å². The lowest BCUT2D eigenvalue weighted by Gasteiger charge is -2.08. The molecule has 0 aromatic carbocycles. The van der Waals surface area contributed by atoms with E-state index >= 15 is 0 Å². The van der Waals surface area contributed by atoms with Crippen LogP contribution in [0.1, 0.15) is 33.6 Å². The first-order chi connectivity index (χ1) is 7.04. The number of aliphatic hydroxyl groups excluding tert-OH is 1. The van der Waals surface area contributed by atoms with Crippen molar-refractivity contribution in [2.24, 2.45) is 0 Å². The van der Waals surface area contributed by atoms with Crippen LogP contribution >= 0.6 is 0 Å². The molecule has 1 unspecified atom stereocenters. The highest BCUT2D eigenvalue weighted by Gasteiger charge is 1.97. The summed E-state index contributed by atoms with van der Waals surface area (Å²) in [6, 6.07) is 0. The molecule has 0 rings (SSSR count). The van der Waals surface area contributed by atoms with Crippen LogP contribution in [0.5, 0.6) is 0 Å². The summed E-state index contributed by atoms with van der Waals surface area (Å²) < 4.78 is 10.1. The van der Waals surface area contributed by atoms with E-state index in [1.165, 1.54) is 0 Å². The first kappa shape index (κ1) is 16.8. The lowest BCUT2D eigenvalue weighted by molar-refractivity contribution is -0.134. The molecule has 0 aliphatic heterocycles. The summed E-state index contributed by atoms with van der Waals surface area (Å²) in [6.07, 6.45) is 0.899.